The number of methoxy groups -OCH3 is 1. The third-order valence-electron chi connectivity index (χ3n) is 3.10. The Kier molecular flexibility index (Phi) is 5.57. The molecule has 0 heterocycles. The summed E-state index contributed by atoms with van der Waals surface area (Å²) in [7, 11) is 1.59. The molecule has 0 unspecified atom stereocenters. The molecule has 0 aromatic heterocycles. The number of anilines is 3. The molecule has 0 bridgehead atoms. The fraction of sp³-hybridized carbons (Fsp3) is 0.176. The number of nitrogens with one attached hydrogen (secondary N) is 3. The van der Waals surface area contributed by atoms with Crippen LogP contribution in [-0.2, 0) is 4.79 Å². The van der Waals surface area contributed by atoms with Crippen molar-refractivity contribution >= 4 is 29.0 Å². The van der Waals surface area contributed by atoms with Crippen LogP contribution in [0.4, 0.5) is 21.9 Å². The summed E-state index contributed by atoms with van der Waals surface area (Å²) >= 11 is 0. The molecule has 0 saturated heterocycles. The molecule has 6 heteroatoms. The molecule has 0 aliphatic heterocycles. The van der Waals surface area contributed by atoms with Gasteiger partial charge in [0.25, 0.3) is 0 Å². The van der Waals surface area contributed by atoms with E-state index in [-0.39, 0.29) is 11.9 Å². The SMILES string of the molecule is CCC(=O)Nc1ccc(NC(=O)Nc2ccc(OC)cc2)cc1. The molecule has 0 radical (unpaired) electrons. The Labute approximate surface area is 134 Å². The molecule has 0 aliphatic carbocycles. The minimum atomic E-state index is -0.347. The van der Waals surface area contributed by atoms with Gasteiger partial charge in [0.15, 0.2) is 0 Å². The zero-order valence-corrected chi connectivity index (χ0v) is 13.1. The van der Waals surface area contributed by atoms with Crippen LogP contribution in [0.25, 0.3) is 0 Å². The Morgan fingerprint density at radius 1 is 0.826 bits per heavy atom. The second-order valence-electron chi connectivity index (χ2n) is 4.79. The van der Waals surface area contributed by atoms with Crippen LogP contribution in [0, 0.1) is 0 Å². The number of amides is 3. The summed E-state index contributed by atoms with van der Waals surface area (Å²) in [6, 6.07) is 13.6. The van der Waals surface area contributed by atoms with Gasteiger partial charge in [0.05, 0.1) is 7.11 Å². The van der Waals surface area contributed by atoms with Crippen molar-refractivity contribution < 1.29 is 14.3 Å². The molecular weight excluding hydrogens is 294 g/mol. The molecular formula is C17H19N3O3. The van der Waals surface area contributed by atoms with E-state index in [0.29, 0.717) is 23.5 Å². The van der Waals surface area contributed by atoms with Gasteiger partial charge in [-0.1, -0.05) is 6.92 Å². The predicted molar refractivity (Wildman–Crippen MR) is 91.0 cm³/mol. The van der Waals surface area contributed by atoms with Gasteiger partial charge in [-0.25, -0.2) is 4.79 Å². The average molecular weight is 313 g/mol. The first-order chi connectivity index (χ1) is 11.1. The Morgan fingerprint density at radius 3 is 1.70 bits per heavy atom. The molecule has 120 valence electrons. The van der Waals surface area contributed by atoms with E-state index in [2.05, 4.69) is 16.0 Å². The lowest BCUT2D eigenvalue weighted by Gasteiger charge is -2.09. The highest BCUT2D eigenvalue weighted by Gasteiger charge is 2.04. The second kappa shape index (κ2) is 7.84. The molecule has 6 nitrogen and oxygen atoms in total. The lowest BCUT2D eigenvalue weighted by atomic mass is 10.2. The van der Waals surface area contributed by atoms with Gasteiger partial charge >= 0.3 is 6.03 Å². The first-order valence-electron chi connectivity index (χ1n) is 7.22. The fourth-order valence-corrected chi connectivity index (χ4v) is 1.85. The molecule has 3 N–H and O–H groups in total. The summed E-state index contributed by atoms with van der Waals surface area (Å²) in [5.74, 6) is 0.670. The minimum absolute atomic E-state index is 0.0528. The average Bonchev–Trinajstić information content (AvgIpc) is 2.57. The van der Waals surface area contributed by atoms with Gasteiger partial charge in [-0.05, 0) is 48.5 Å². The Hall–Kier alpha value is -3.02. The number of ether oxygens (including phenoxy) is 1. The van der Waals surface area contributed by atoms with Gasteiger partial charge in [0.2, 0.25) is 5.91 Å². The maximum absolute atomic E-state index is 11.9. The Bertz CT molecular complexity index is 666. The van der Waals surface area contributed by atoms with E-state index in [1.54, 1.807) is 62.6 Å². The van der Waals surface area contributed by atoms with Gasteiger partial charge in [-0.3, -0.25) is 4.79 Å². The number of carbonyl (C=O) groups is 2. The van der Waals surface area contributed by atoms with Crippen LogP contribution in [0.2, 0.25) is 0 Å². The van der Waals surface area contributed by atoms with Crippen molar-refractivity contribution in [1.29, 1.82) is 0 Å². The standard InChI is InChI=1S/C17H19N3O3/c1-3-16(21)18-12-4-6-13(7-5-12)19-17(22)20-14-8-10-15(23-2)11-9-14/h4-11H,3H2,1-2H3,(H,18,21)(H2,19,20,22). The van der Waals surface area contributed by atoms with E-state index in [9.17, 15) is 9.59 Å². The van der Waals surface area contributed by atoms with Crippen molar-refractivity contribution in [1.82, 2.24) is 0 Å². The Balaban J connectivity index is 1.90. The van der Waals surface area contributed by atoms with Crippen molar-refractivity contribution in [3.05, 3.63) is 48.5 Å². The fourth-order valence-electron chi connectivity index (χ4n) is 1.85. The highest BCUT2D eigenvalue weighted by atomic mass is 16.5. The van der Waals surface area contributed by atoms with E-state index in [1.165, 1.54) is 0 Å². The molecule has 2 aromatic rings. The topological polar surface area (TPSA) is 79.5 Å². The van der Waals surface area contributed by atoms with Gasteiger partial charge in [-0.15, -0.1) is 0 Å². The largest absolute Gasteiger partial charge is 0.497 e. The van der Waals surface area contributed by atoms with E-state index in [0.717, 1.165) is 5.75 Å². The van der Waals surface area contributed by atoms with Gasteiger partial charge in [-0.2, -0.15) is 0 Å². The summed E-state index contributed by atoms with van der Waals surface area (Å²) < 4.78 is 5.06. The normalized spacial score (nSPS) is 9.83. The molecule has 0 fully saturated rings. The van der Waals surface area contributed by atoms with E-state index >= 15 is 0 Å². The summed E-state index contributed by atoms with van der Waals surface area (Å²) in [5.41, 5.74) is 1.98. The highest BCUT2D eigenvalue weighted by Crippen LogP contribution is 2.16. The van der Waals surface area contributed by atoms with E-state index in [4.69, 9.17) is 4.74 Å². The van der Waals surface area contributed by atoms with Crippen molar-refractivity contribution in [2.24, 2.45) is 0 Å². The quantitative estimate of drug-likeness (QED) is 0.787. The monoisotopic (exact) mass is 313 g/mol. The van der Waals surface area contributed by atoms with Crippen LogP contribution in [0.1, 0.15) is 13.3 Å². The first-order valence-corrected chi connectivity index (χ1v) is 7.22. The number of hydrogen-bond acceptors (Lipinski definition) is 3. The molecule has 3 amide bonds. The van der Waals surface area contributed by atoms with Gasteiger partial charge < -0.3 is 20.7 Å². The maximum Gasteiger partial charge on any atom is 0.323 e. The first kappa shape index (κ1) is 16.4. The lowest BCUT2D eigenvalue weighted by molar-refractivity contribution is -0.115. The lowest BCUT2D eigenvalue weighted by Crippen LogP contribution is -2.19. The molecule has 0 aliphatic rings. The number of benzene rings is 2. The van der Waals surface area contributed by atoms with Crippen molar-refractivity contribution in [2.75, 3.05) is 23.1 Å². The van der Waals surface area contributed by atoms with Crippen molar-refractivity contribution in [2.45, 2.75) is 13.3 Å². The zero-order chi connectivity index (χ0) is 16.7. The molecule has 23 heavy (non-hydrogen) atoms. The summed E-state index contributed by atoms with van der Waals surface area (Å²) in [5, 5.41) is 8.19. The third kappa shape index (κ3) is 5.03. The van der Waals surface area contributed by atoms with Gasteiger partial charge in [0.1, 0.15) is 5.75 Å². The van der Waals surface area contributed by atoms with E-state index in [1.807, 2.05) is 0 Å². The smallest absolute Gasteiger partial charge is 0.323 e. The zero-order valence-electron chi connectivity index (χ0n) is 13.1. The second-order valence-corrected chi connectivity index (χ2v) is 4.79. The van der Waals surface area contributed by atoms with Crippen molar-refractivity contribution in [3.63, 3.8) is 0 Å². The molecule has 0 saturated carbocycles. The molecule has 0 spiro atoms. The van der Waals surface area contributed by atoms with Crippen LogP contribution in [0.15, 0.2) is 48.5 Å². The summed E-state index contributed by atoms with van der Waals surface area (Å²) in [6.45, 7) is 1.79. The van der Waals surface area contributed by atoms with E-state index < -0.39 is 0 Å². The maximum atomic E-state index is 11.9. The Morgan fingerprint density at radius 2 is 1.26 bits per heavy atom. The highest BCUT2D eigenvalue weighted by molar-refractivity contribution is 6.00. The van der Waals surface area contributed by atoms with Crippen LogP contribution in [0.3, 0.4) is 0 Å². The number of urea groups is 1. The molecule has 2 aromatic carbocycles. The van der Waals surface area contributed by atoms with Crippen LogP contribution >= 0.6 is 0 Å². The molecule has 0 atom stereocenters. The minimum Gasteiger partial charge on any atom is -0.497 e. The van der Waals surface area contributed by atoms with Crippen molar-refractivity contribution in [3.8, 4) is 5.75 Å². The van der Waals surface area contributed by atoms with Crippen LogP contribution < -0.4 is 20.7 Å². The third-order valence-corrected chi connectivity index (χ3v) is 3.10. The van der Waals surface area contributed by atoms with Crippen LogP contribution in [0.5, 0.6) is 5.75 Å². The number of hydrogen-bond donors (Lipinski definition) is 3. The van der Waals surface area contributed by atoms with Crippen LogP contribution in [-0.4, -0.2) is 19.0 Å². The summed E-state index contributed by atoms with van der Waals surface area (Å²) in [4.78, 5) is 23.2. The number of carbonyl (C=O) groups excluding carboxylic acids is 2. The number of rotatable bonds is 5. The predicted octanol–water partition coefficient (Wildman–Crippen LogP) is 3.69. The van der Waals surface area contributed by atoms with Gasteiger partial charge in [0, 0.05) is 23.5 Å². The molecule has 2 rings (SSSR count). The summed E-state index contributed by atoms with van der Waals surface area (Å²) in [6.07, 6.45) is 0.421.